The first-order valence-electron chi connectivity index (χ1n) is 9.28. The van der Waals surface area contributed by atoms with E-state index in [1.165, 1.54) is 0 Å². The fraction of sp³-hybridized carbons (Fsp3) is 0.619. The number of hydrogen-bond donors (Lipinski definition) is 0. The van der Waals surface area contributed by atoms with Crippen LogP contribution in [-0.2, 0) is 9.47 Å². The summed E-state index contributed by atoms with van der Waals surface area (Å²) < 4.78 is 10.9. The van der Waals surface area contributed by atoms with Gasteiger partial charge in [0.1, 0.15) is 18.0 Å². The molecule has 0 fully saturated rings. The number of ether oxygens (including phenoxy) is 2. The maximum atomic E-state index is 5.47. The molecule has 1 rings (SSSR count). The Bertz CT molecular complexity index is 586. The van der Waals surface area contributed by atoms with Crippen LogP contribution in [0.4, 0.5) is 0 Å². The molecular weight excluding hydrogens is 358 g/mol. The van der Waals surface area contributed by atoms with Gasteiger partial charge in [-0.05, 0) is 50.4 Å². The second kappa shape index (κ2) is 12.3. The summed E-state index contributed by atoms with van der Waals surface area (Å²) in [6.45, 7) is 11.2. The van der Waals surface area contributed by atoms with Crippen LogP contribution < -0.4 is 0 Å². The van der Waals surface area contributed by atoms with Gasteiger partial charge in [-0.15, -0.1) is 11.8 Å². The topological polar surface area (TPSA) is 46.4 Å². The highest BCUT2D eigenvalue weighted by Gasteiger charge is 2.22. The molecular formula is C21H35N3O2S. The van der Waals surface area contributed by atoms with Gasteiger partial charge in [0.2, 0.25) is 0 Å². The van der Waals surface area contributed by atoms with Gasteiger partial charge in [0, 0.05) is 32.7 Å². The molecule has 1 aliphatic rings. The molecule has 5 atom stereocenters. The van der Waals surface area contributed by atoms with Crippen LogP contribution >= 0.6 is 11.8 Å². The third-order valence-electron chi connectivity index (χ3n) is 5.04. The Morgan fingerprint density at radius 3 is 2.52 bits per heavy atom. The third kappa shape index (κ3) is 7.37. The predicted molar refractivity (Wildman–Crippen MR) is 119 cm³/mol. The van der Waals surface area contributed by atoms with Crippen LogP contribution in [0.5, 0.6) is 0 Å². The van der Waals surface area contributed by atoms with Gasteiger partial charge >= 0.3 is 0 Å². The fourth-order valence-corrected chi connectivity index (χ4v) is 3.39. The molecule has 0 aromatic rings. The highest BCUT2D eigenvalue weighted by atomic mass is 32.2. The van der Waals surface area contributed by atoms with Crippen molar-refractivity contribution in [3.05, 3.63) is 35.4 Å². The van der Waals surface area contributed by atoms with Crippen molar-refractivity contribution in [1.82, 2.24) is 4.90 Å². The minimum atomic E-state index is -0.146. The maximum Gasteiger partial charge on any atom is 0.132 e. The quantitative estimate of drug-likeness (QED) is 0.415. The second-order valence-corrected chi connectivity index (χ2v) is 7.73. The maximum absolute atomic E-state index is 5.47. The molecule has 0 aliphatic heterocycles. The highest BCUT2D eigenvalue weighted by Crippen LogP contribution is 2.19. The number of rotatable bonds is 10. The van der Waals surface area contributed by atoms with E-state index in [9.17, 15) is 0 Å². The number of thioether (sulfide) groups is 1. The zero-order valence-corrected chi connectivity index (χ0v) is 18.6. The van der Waals surface area contributed by atoms with Gasteiger partial charge in [0.25, 0.3) is 0 Å². The zero-order chi connectivity index (χ0) is 20.4. The standard InChI is InChI=1S/C21H35N3O2S/c1-15(11-12-27-8)17(3)24(5)14-16(2)21(22-4)23-18-9-10-19(25-6)20(13-18)26-7/h9-13,15-17,19-20H,4,14H2,1-3,5-8H3. The summed E-state index contributed by atoms with van der Waals surface area (Å²) in [6.07, 6.45) is 9.98. The van der Waals surface area contributed by atoms with E-state index >= 15 is 0 Å². The van der Waals surface area contributed by atoms with E-state index < -0.39 is 0 Å². The molecule has 0 amide bonds. The number of allylic oxidation sites excluding steroid dienone is 1. The van der Waals surface area contributed by atoms with Crippen molar-refractivity contribution in [3.63, 3.8) is 0 Å². The van der Waals surface area contributed by atoms with Gasteiger partial charge in [-0.1, -0.05) is 26.0 Å². The molecule has 5 unspecified atom stereocenters. The molecule has 0 aromatic heterocycles. The molecule has 27 heavy (non-hydrogen) atoms. The lowest BCUT2D eigenvalue weighted by atomic mass is 10.0. The van der Waals surface area contributed by atoms with Gasteiger partial charge in [-0.25, -0.2) is 9.98 Å². The van der Waals surface area contributed by atoms with Gasteiger partial charge in [-0.3, -0.25) is 0 Å². The number of nitrogens with zero attached hydrogens (tertiary/aromatic N) is 3. The predicted octanol–water partition coefficient (Wildman–Crippen LogP) is 4.04. The lowest BCUT2D eigenvalue weighted by molar-refractivity contribution is 0.0134. The molecule has 0 radical (unpaired) electrons. The van der Waals surface area contributed by atoms with Crippen molar-refractivity contribution in [1.29, 1.82) is 0 Å². The van der Waals surface area contributed by atoms with Crippen molar-refractivity contribution in [2.75, 3.05) is 34.1 Å². The minimum Gasteiger partial charge on any atom is -0.374 e. The van der Waals surface area contributed by atoms with E-state index in [4.69, 9.17) is 14.5 Å². The number of aliphatic imine (C=N–C) groups is 2. The van der Waals surface area contributed by atoms with Gasteiger partial charge in [-0.2, -0.15) is 0 Å². The summed E-state index contributed by atoms with van der Waals surface area (Å²) in [7, 11) is 5.50. The fourth-order valence-electron chi connectivity index (χ4n) is 2.99. The molecule has 0 saturated carbocycles. The van der Waals surface area contributed by atoms with E-state index in [2.05, 4.69) is 62.2 Å². The van der Waals surface area contributed by atoms with E-state index in [-0.39, 0.29) is 18.1 Å². The molecule has 152 valence electrons. The van der Waals surface area contributed by atoms with Crippen molar-refractivity contribution < 1.29 is 9.47 Å². The third-order valence-corrected chi connectivity index (χ3v) is 5.47. The SMILES string of the molecule is C=NC(=NC1=CC(OC)C(OC)C=C1)C(C)CN(C)C(C)C(C)C=CSC. The molecule has 0 saturated heterocycles. The van der Waals surface area contributed by atoms with E-state index in [0.717, 1.165) is 18.1 Å². The zero-order valence-electron chi connectivity index (χ0n) is 17.8. The first-order chi connectivity index (χ1) is 12.9. The number of amidine groups is 1. The van der Waals surface area contributed by atoms with Crippen LogP contribution in [0.3, 0.4) is 0 Å². The molecule has 0 N–H and O–H groups in total. The Kier molecular flexibility index (Phi) is 10.8. The Labute approximate surface area is 169 Å². The molecule has 5 nitrogen and oxygen atoms in total. The van der Waals surface area contributed by atoms with Crippen LogP contribution in [0.2, 0.25) is 0 Å². The Morgan fingerprint density at radius 1 is 1.30 bits per heavy atom. The largest absolute Gasteiger partial charge is 0.374 e. The summed E-state index contributed by atoms with van der Waals surface area (Å²) in [6, 6.07) is 0.427. The number of hydrogen-bond acceptors (Lipinski definition) is 5. The summed E-state index contributed by atoms with van der Waals surface area (Å²) in [5, 5.41) is 2.15. The molecule has 6 heteroatoms. The first-order valence-corrected chi connectivity index (χ1v) is 10.6. The minimum absolute atomic E-state index is 0.0886. The van der Waals surface area contributed by atoms with Gasteiger partial charge < -0.3 is 14.4 Å². The number of methoxy groups -OCH3 is 2. The van der Waals surface area contributed by atoms with Crippen molar-refractivity contribution in [2.45, 2.75) is 39.0 Å². The smallest absolute Gasteiger partial charge is 0.132 e. The van der Waals surface area contributed by atoms with E-state index in [1.807, 2.05) is 18.2 Å². The second-order valence-electron chi connectivity index (χ2n) is 6.98. The van der Waals surface area contributed by atoms with Crippen LogP contribution in [0, 0.1) is 11.8 Å². The molecule has 0 heterocycles. The Balaban J connectivity index is 2.81. The highest BCUT2D eigenvalue weighted by molar-refractivity contribution is 8.01. The van der Waals surface area contributed by atoms with E-state index in [0.29, 0.717) is 12.0 Å². The first kappa shape index (κ1) is 23.8. The van der Waals surface area contributed by atoms with Crippen molar-refractivity contribution in [2.24, 2.45) is 21.8 Å². The lowest BCUT2D eigenvalue weighted by Crippen LogP contribution is -2.38. The lowest BCUT2D eigenvalue weighted by Gasteiger charge is -2.30. The molecule has 0 spiro atoms. The Hall–Kier alpha value is -1.21. The van der Waals surface area contributed by atoms with Gasteiger partial charge in [0.05, 0.1) is 5.70 Å². The molecule has 1 aliphatic carbocycles. The van der Waals surface area contributed by atoms with Gasteiger partial charge in [0.15, 0.2) is 0 Å². The van der Waals surface area contributed by atoms with Crippen molar-refractivity contribution in [3.8, 4) is 0 Å². The van der Waals surface area contributed by atoms with Crippen LogP contribution in [0.1, 0.15) is 20.8 Å². The molecule has 0 aromatic carbocycles. The molecule has 0 bridgehead atoms. The van der Waals surface area contributed by atoms with Crippen LogP contribution in [0.25, 0.3) is 0 Å². The monoisotopic (exact) mass is 393 g/mol. The summed E-state index contributed by atoms with van der Waals surface area (Å²) in [5.41, 5.74) is 0.830. The summed E-state index contributed by atoms with van der Waals surface area (Å²) >= 11 is 1.73. The summed E-state index contributed by atoms with van der Waals surface area (Å²) in [5.74, 6) is 1.38. The summed E-state index contributed by atoms with van der Waals surface area (Å²) in [4.78, 5) is 11.3. The average Bonchev–Trinajstić information content (AvgIpc) is 2.68. The van der Waals surface area contributed by atoms with Crippen LogP contribution in [-0.4, -0.2) is 69.8 Å². The Morgan fingerprint density at radius 2 is 1.96 bits per heavy atom. The van der Waals surface area contributed by atoms with Crippen molar-refractivity contribution >= 4 is 24.3 Å². The normalized spacial score (nSPS) is 24.1. The average molecular weight is 394 g/mol. The van der Waals surface area contributed by atoms with Crippen LogP contribution in [0.15, 0.2) is 45.4 Å². The van der Waals surface area contributed by atoms with E-state index in [1.54, 1.807) is 26.0 Å².